The number of sulfonamides is 1. The van der Waals surface area contributed by atoms with Gasteiger partial charge in [-0.3, -0.25) is 9.59 Å². The van der Waals surface area contributed by atoms with Crippen LogP contribution in [-0.4, -0.2) is 55.3 Å². The zero-order valence-electron chi connectivity index (χ0n) is 16.3. The lowest BCUT2D eigenvalue weighted by Gasteiger charge is -2.31. The molecule has 8 heteroatoms. The molecular weight excluding hydrogens is 366 g/mol. The molecule has 0 saturated carbocycles. The van der Waals surface area contributed by atoms with E-state index in [9.17, 15) is 18.0 Å². The van der Waals surface area contributed by atoms with Crippen LogP contribution in [0, 0.1) is 5.92 Å². The minimum Gasteiger partial charge on any atom is -0.342 e. The Morgan fingerprint density at radius 2 is 2.07 bits per heavy atom. The molecule has 2 amide bonds. The van der Waals surface area contributed by atoms with Gasteiger partial charge in [-0.25, -0.2) is 12.7 Å². The number of benzene rings is 1. The number of piperidine rings is 1. The van der Waals surface area contributed by atoms with Gasteiger partial charge in [0.2, 0.25) is 21.8 Å². The quantitative estimate of drug-likeness (QED) is 0.766. The third kappa shape index (κ3) is 6.04. The minimum absolute atomic E-state index is 0.0278. The van der Waals surface area contributed by atoms with Gasteiger partial charge >= 0.3 is 0 Å². The Hall–Kier alpha value is -1.93. The second-order valence-corrected chi connectivity index (χ2v) is 9.17. The molecule has 7 nitrogen and oxygen atoms in total. The van der Waals surface area contributed by atoms with Crippen molar-refractivity contribution in [2.45, 2.75) is 39.7 Å². The van der Waals surface area contributed by atoms with Crippen LogP contribution in [0.15, 0.2) is 24.3 Å². The molecule has 1 N–H and O–H groups in total. The molecule has 150 valence electrons. The molecule has 1 aromatic carbocycles. The number of carbonyl (C=O) groups is 2. The number of hydrogen-bond acceptors (Lipinski definition) is 4. The van der Waals surface area contributed by atoms with E-state index in [4.69, 9.17) is 0 Å². The van der Waals surface area contributed by atoms with Crippen molar-refractivity contribution in [2.24, 2.45) is 5.92 Å². The molecule has 0 unspecified atom stereocenters. The third-order valence-corrected chi connectivity index (χ3v) is 6.80. The number of nitrogens with one attached hydrogen (secondary N) is 1. The van der Waals surface area contributed by atoms with Gasteiger partial charge in [0.25, 0.3) is 0 Å². The molecule has 2 rings (SSSR count). The van der Waals surface area contributed by atoms with Crippen LogP contribution in [0.5, 0.6) is 0 Å². The van der Waals surface area contributed by atoms with Gasteiger partial charge in [-0.2, -0.15) is 0 Å². The molecule has 0 radical (unpaired) electrons. The average Bonchev–Trinajstić information content (AvgIpc) is 2.62. The van der Waals surface area contributed by atoms with Crippen LogP contribution in [0.3, 0.4) is 0 Å². The highest BCUT2D eigenvalue weighted by Crippen LogP contribution is 2.22. The smallest absolute Gasteiger partial charge is 0.228 e. The molecule has 1 fully saturated rings. The van der Waals surface area contributed by atoms with Crippen LogP contribution in [-0.2, 0) is 26.2 Å². The second kappa shape index (κ2) is 9.32. The second-order valence-electron chi connectivity index (χ2n) is 7.08. The number of hydrogen-bond donors (Lipinski definition) is 1. The number of nitrogens with zero attached hydrogens (tertiary/aromatic N) is 2. The van der Waals surface area contributed by atoms with Crippen LogP contribution in [0.2, 0.25) is 0 Å². The molecule has 0 spiro atoms. The van der Waals surface area contributed by atoms with Crippen molar-refractivity contribution >= 4 is 27.5 Å². The van der Waals surface area contributed by atoms with Crippen LogP contribution in [0.4, 0.5) is 5.69 Å². The standard InChI is InChI=1S/C19H29N3O4S/c1-4-11-27(25,26)22-10-6-8-17(14-22)19(24)20-18-9-5-7-16(12-18)13-21(3)15(2)23/h5,7,9,12,17H,4,6,8,10-11,13-14H2,1-3H3,(H,20,24)/t17-/m1/s1. The summed E-state index contributed by atoms with van der Waals surface area (Å²) in [6.45, 7) is 4.53. The summed E-state index contributed by atoms with van der Waals surface area (Å²) in [5.74, 6) is -0.426. The van der Waals surface area contributed by atoms with Gasteiger partial charge in [0.15, 0.2) is 0 Å². The fourth-order valence-corrected chi connectivity index (χ4v) is 4.76. The maximum absolute atomic E-state index is 12.6. The molecule has 27 heavy (non-hydrogen) atoms. The molecule has 1 aliphatic heterocycles. The molecule has 0 aliphatic carbocycles. The van der Waals surface area contributed by atoms with E-state index >= 15 is 0 Å². The molecule has 0 bridgehead atoms. The van der Waals surface area contributed by atoms with Crippen LogP contribution < -0.4 is 5.32 Å². The maximum atomic E-state index is 12.6. The summed E-state index contributed by atoms with van der Waals surface area (Å²) in [4.78, 5) is 25.6. The summed E-state index contributed by atoms with van der Waals surface area (Å²) in [6.07, 6.45) is 1.93. The van der Waals surface area contributed by atoms with E-state index in [1.54, 1.807) is 18.0 Å². The lowest BCUT2D eigenvalue weighted by atomic mass is 9.98. The summed E-state index contributed by atoms with van der Waals surface area (Å²) >= 11 is 0. The van der Waals surface area contributed by atoms with E-state index in [1.165, 1.54) is 11.2 Å². The molecule has 1 saturated heterocycles. The largest absolute Gasteiger partial charge is 0.342 e. The summed E-state index contributed by atoms with van der Waals surface area (Å²) in [6, 6.07) is 7.36. The number of anilines is 1. The SMILES string of the molecule is CCCS(=O)(=O)N1CCC[C@@H](C(=O)Nc2cccc(CN(C)C(C)=O)c2)C1. The first-order valence-corrected chi connectivity index (χ1v) is 10.9. The molecule has 1 aliphatic rings. The first kappa shape index (κ1) is 21.4. The third-order valence-electron chi connectivity index (χ3n) is 4.76. The normalized spacial score (nSPS) is 18.1. The summed E-state index contributed by atoms with van der Waals surface area (Å²) in [7, 11) is -1.56. The fourth-order valence-electron chi connectivity index (χ4n) is 3.17. The Labute approximate surface area is 161 Å². The van der Waals surface area contributed by atoms with Gasteiger partial charge in [0.05, 0.1) is 11.7 Å². The number of rotatable bonds is 7. The number of amides is 2. The highest BCUT2D eigenvalue weighted by Gasteiger charge is 2.31. The van der Waals surface area contributed by atoms with E-state index in [-0.39, 0.29) is 30.0 Å². The van der Waals surface area contributed by atoms with Gasteiger partial charge in [0, 0.05) is 39.3 Å². The van der Waals surface area contributed by atoms with Gasteiger partial charge < -0.3 is 10.2 Å². The molecular formula is C19H29N3O4S. The summed E-state index contributed by atoms with van der Waals surface area (Å²) in [5.41, 5.74) is 1.57. The molecule has 0 aromatic heterocycles. The number of carbonyl (C=O) groups excluding carboxylic acids is 2. The van der Waals surface area contributed by atoms with E-state index in [2.05, 4.69) is 5.32 Å². The van der Waals surface area contributed by atoms with Crippen molar-refractivity contribution in [3.8, 4) is 0 Å². The zero-order chi connectivity index (χ0) is 20.0. The summed E-state index contributed by atoms with van der Waals surface area (Å²) in [5, 5.41) is 2.89. The van der Waals surface area contributed by atoms with E-state index < -0.39 is 10.0 Å². The highest BCUT2D eigenvalue weighted by molar-refractivity contribution is 7.89. The summed E-state index contributed by atoms with van der Waals surface area (Å²) < 4.78 is 26.0. The highest BCUT2D eigenvalue weighted by atomic mass is 32.2. The first-order valence-electron chi connectivity index (χ1n) is 9.32. The lowest BCUT2D eigenvalue weighted by molar-refractivity contribution is -0.128. The first-order chi connectivity index (χ1) is 12.7. The topological polar surface area (TPSA) is 86.8 Å². The Balaban J connectivity index is 2.01. The molecule has 1 heterocycles. The van der Waals surface area contributed by atoms with Gasteiger partial charge in [-0.15, -0.1) is 0 Å². The van der Waals surface area contributed by atoms with Crippen molar-refractivity contribution in [2.75, 3.05) is 31.2 Å². The van der Waals surface area contributed by atoms with Gasteiger partial charge in [0.1, 0.15) is 0 Å². The Kier molecular flexibility index (Phi) is 7.38. The Morgan fingerprint density at radius 1 is 1.33 bits per heavy atom. The van der Waals surface area contributed by atoms with Crippen molar-refractivity contribution in [1.82, 2.24) is 9.21 Å². The van der Waals surface area contributed by atoms with E-state index in [1.807, 2.05) is 25.1 Å². The van der Waals surface area contributed by atoms with E-state index in [0.29, 0.717) is 38.0 Å². The average molecular weight is 396 g/mol. The van der Waals surface area contributed by atoms with Crippen molar-refractivity contribution in [1.29, 1.82) is 0 Å². The Morgan fingerprint density at radius 3 is 2.74 bits per heavy atom. The van der Waals surface area contributed by atoms with Gasteiger partial charge in [-0.05, 0) is 37.0 Å². The zero-order valence-corrected chi connectivity index (χ0v) is 17.1. The van der Waals surface area contributed by atoms with Crippen LogP contribution >= 0.6 is 0 Å². The molecule has 1 aromatic rings. The van der Waals surface area contributed by atoms with Gasteiger partial charge in [-0.1, -0.05) is 19.1 Å². The van der Waals surface area contributed by atoms with E-state index in [0.717, 1.165) is 5.56 Å². The maximum Gasteiger partial charge on any atom is 0.228 e. The molecule has 1 atom stereocenters. The van der Waals surface area contributed by atoms with Crippen LogP contribution in [0.1, 0.15) is 38.7 Å². The van der Waals surface area contributed by atoms with Crippen molar-refractivity contribution in [3.05, 3.63) is 29.8 Å². The predicted molar refractivity (Wildman–Crippen MR) is 106 cm³/mol. The minimum atomic E-state index is -3.29. The lowest BCUT2D eigenvalue weighted by Crippen LogP contribution is -2.44. The van der Waals surface area contributed by atoms with Crippen LogP contribution in [0.25, 0.3) is 0 Å². The fraction of sp³-hybridized carbons (Fsp3) is 0.579. The van der Waals surface area contributed by atoms with Crippen molar-refractivity contribution < 1.29 is 18.0 Å². The Bertz CT molecular complexity index is 779. The monoisotopic (exact) mass is 395 g/mol. The predicted octanol–water partition coefficient (Wildman–Crippen LogP) is 2.06. The van der Waals surface area contributed by atoms with Crippen molar-refractivity contribution in [3.63, 3.8) is 0 Å².